The lowest BCUT2D eigenvalue weighted by Gasteiger charge is -2.14. The Balaban J connectivity index is 2.28. The summed E-state index contributed by atoms with van der Waals surface area (Å²) in [5.41, 5.74) is 2.45. The van der Waals surface area contributed by atoms with Crippen LogP contribution < -0.4 is 5.32 Å². The highest BCUT2D eigenvalue weighted by Gasteiger charge is 2.07. The van der Waals surface area contributed by atoms with E-state index in [2.05, 4.69) is 53.8 Å². The minimum absolute atomic E-state index is 0.411. The predicted octanol–water partition coefficient (Wildman–Crippen LogP) is 3.77. The van der Waals surface area contributed by atoms with Crippen molar-refractivity contribution >= 4 is 11.6 Å². The standard InChI is InChI=1S/C14H19N3/c1-4-12-7-5-6-8-13(12)16-14-15-9-10-17(14)11(2)3/h5-11H,4H2,1-3H3,(H,15,16). The highest BCUT2D eigenvalue weighted by Crippen LogP contribution is 2.22. The van der Waals surface area contributed by atoms with Crippen molar-refractivity contribution in [2.24, 2.45) is 0 Å². The molecule has 0 aliphatic carbocycles. The molecule has 2 rings (SSSR count). The van der Waals surface area contributed by atoms with E-state index >= 15 is 0 Å². The Hall–Kier alpha value is -1.77. The van der Waals surface area contributed by atoms with Crippen LogP contribution in [0.2, 0.25) is 0 Å². The summed E-state index contributed by atoms with van der Waals surface area (Å²) in [5.74, 6) is 0.904. The van der Waals surface area contributed by atoms with Crippen LogP contribution in [0.4, 0.5) is 11.6 Å². The minimum atomic E-state index is 0.411. The number of nitrogens with one attached hydrogen (secondary N) is 1. The van der Waals surface area contributed by atoms with Crippen LogP contribution in [-0.2, 0) is 6.42 Å². The Labute approximate surface area is 103 Å². The molecule has 0 aliphatic rings. The average Bonchev–Trinajstić information content (AvgIpc) is 2.78. The number of anilines is 2. The van der Waals surface area contributed by atoms with Crippen LogP contribution in [-0.4, -0.2) is 9.55 Å². The minimum Gasteiger partial charge on any atom is -0.325 e. The molecule has 0 spiro atoms. The third kappa shape index (κ3) is 2.49. The van der Waals surface area contributed by atoms with Crippen LogP contribution in [0.3, 0.4) is 0 Å². The molecule has 0 radical (unpaired) electrons. The van der Waals surface area contributed by atoms with Crippen molar-refractivity contribution in [3.05, 3.63) is 42.2 Å². The predicted molar refractivity (Wildman–Crippen MR) is 71.7 cm³/mol. The average molecular weight is 229 g/mol. The maximum atomic E-state index is 4.36. The highest BCUT2D eigenvalue weighted by atomic mass is 15.2. The van der Waals surface area contributed by atoms with Crippen LogP contribution >= 0.6 is 0 Å². The first-order valence-corrected chi connectivity index (χ1v) is 6.10. The summed E-state index contributed by atoms with van der Waals surface area (Å²) in [5, 5.41) is 3.41. The van der Waals surface area contributed by atoms with Crippen molar-refractivity contribution in [2.75, 3.05) is 5.32 Å². The third-order valence-electron chi connectivity index (χ3n) is 2.87. The van der Waals surface area contributed by atoms with Gasteiger partial charge in [0.05, 0.1) is 0 Å². The molecule has 2 aromatic rings. The molecule has 1 N–H and O–H groups in total. The van der Waals surface area contributed by atoms with Crippen molar-refractivity contribution in [1.29, 1.82) is 0 Å². The van der Waals surface area contributed by atoms with Crippen LogP contribution in [0.15, 0.2) is 36.7 Å². The highest BCUT2D eigenvalue weighted by molar-refractivity contribution is 5.58. The monoisotopic (exact) mass is 229 g/mol. The summed E-state index contributed by atoms with van der Waals surface area (Å²) < 4.78 is 2.13. The van der Waals surface area contributed by atoms with Crippen molar-refractivity contribution in [3.63, 3.8) is 0 Å². The molecule has 1 heterocycles. The van der Waals surface area contributed by atoms with E-state index in [0.29, 0.717) is 6.04 Å². The normalized spacial score (nSPS) is 10.8. The van der Waals surface area contributed by atoms with E-state index in [4.69, 9.17) is 0 Å². The fourth-order valence-corrected chi connectivity index (χ4v) is 1.90. The van der Waals surface area contributed by atoms with Crippen LogP contribution in [0.1, 0.15) is 32.4 Å². The second-order valence-electron chi connectivity index (χ2n) is 4.39. The number of rotatable bonds is 4. The van der Waals surface area contributed by atoms with Gasteiger partial charge in [0.15, 0.2) is 0 Å². The molecular weight excluding hydrogens is 210 g/mol. The zero-order chi connectivity index (χ0) is 12.3. The molecule has 0 fully saturated rings. The third-order valence-corrected chi connectivity index (χ3v) is 2.87. The SMILES string of the molecule is CCc1ccccc1Nc1nccn1C(C)C. The van der Waals surface area contributed by atoms with E-state index in [1.807, 2.05) is 18.5 Å². The van der Waals surface area contributed by atoms with E-state index < -0.39 is 0 Å². The molecule has 90 valence electrons. The first kappa shape index (κ1) is 11.7. The number of aryl methyl sites for hydroxylation is 1. The summed E-state index contributed by atoms with van der Waals surface area (Å²) in [4.78, 5) is 4.36. The van der Waals surface area contributed by atoms with Gasteiger partial charge in [-0.2, -0.15) is 0 Å². The first-order chi connectivity index (χ1) is 8.22. The summed E-state index contributed by atoms with van der Waals surface area (Å²) in [6.45, 7) is 6.46. The number of hydrogen-bond donors (Lipinski definition) is 1. The molecule has 17 heavy (non-hydrogen) atoms. The van der Waals surface area contributed by atoms with Crippen molar-refractivity contribution in [1.82, 2.24) is 9.55 Å². The van der Waals surface area contributed by atoms with E-state index in [1.54, 1.807) is 0 Å². The van der Waals surface area contributed by atoms with Gasteiger partial charge in [-0.15, -0.1) is 0 Å². The zero-order valence-corrected chi connectivity index (χ0v) is 10.6. The van der Waals surface area contributed by atoms with Crippen LogP contribution in [0.5, 0.6) is 0 Å². The molecule has 3 nitrogen and oxygen atoms in total. The summed E-state index contributed by atoms with van der Waals surface area (Å²) >= 11 is 0. The molecule has 0 atom stereocenters. The summed E-state index contributed by atoms with van der Waals surface area (Å²) in [6, 6.07) is 8.76. The topological polar surface area (TPSA) is 29.9 Å². The Morgan fingerprint density at radius 2 is 2.06 bits per heavy atom. The molecule has 0 amide bonds. The zero-order valence-electron chi connectivity index (χ0n) is 10.6. The van der Waals surface area contributed by atoms with E-state index in [0.717, 1.165) is 18.1 Å². The molecule has 0 saturated heterocycles. The molecular formula is C14H19N3. The smallest absolute Gasteiger partial charge is 0.207 e. The molecule has 1 aromatic heterocycles. The van der Waals surface area contributed by atoms with E-state index in [1.165, 1.54) is 5.56 Å². The van der Waals surface area contributed by atoms with Crippen LogP contribution in [0.25, 0.3) is 0 Å². The van der Waals surface area contributed by atoms with Gasteiger partial charge in [0, 0.05) is 24.1 Å². The molecule has 0 unspecified atom stereocenters. The molecule has 3 heteroatoms. The fourth-order valence-electron chi connectivity index (χ4n) is 1.90. The second kappa shape index (κ2) is 5.04. The van der Waals surface area contributed by atoms with Gasteiger partial charge < -0.3 is 9.88 Å². The molecule has 0 saturated carbocycles. The van der Waals surface area contributed by atoms with Gasteiger partial charge in [0.2, 0.25) is 5.95 Å². The fraction of sp³-hybridized carbons (Fsp3) is 0.357. The van der Waals surface area contributed by atoms with Gasteiger partial charge in [0.1, 0.15) is 0 Å². The maximum absolute atomic E-state index is 4.36. The van der Waals surface area contributed by atoms with Gasteiger partial charge >= 0.3 is 0 Å². The quantitative estimate of drug-likeness (QED) is 0.864. The van der Waals surface area contributed by atoms with E-state index in [9.17, 15) is 0 Å². The summed E-state index contributed by atoms with van der Waals surface area (Å²) in [7, 11) is 0. The molecule has 0 bridgehead atoms. The number of nitrogens with zero attached hydrogens (tertiary/aromatic N) is 2. The number of imidazole rings is 1. The van der Waals surface area contributed by atoms with Crippen molar-refractivity contribution < 1.29 is 0 Å². The largest absolute Gasteiger partial charge is 0.325 e. The second-order valence-corrected chi connectivity index (χ2v) is 4.39. The lowest BCUT2D eigenvalue weighted by Crippen LogP contribution is -2.06. The Kier molecular flexibility index (Phi) is 3.47. The molecule has 0 aliphatic heterocycles. The van der Waals surface area contributed by atoms with Gasteiger partial charge in [-0.05, 0) is 31.9 Å². The van der Waals surface area contributed by atoms with Crippen LogP contribution in [0, 0.1) is 0 Å². The van der Waals surface area contributed by atoms with Crippen molar-refractivity contribution in [2.45, 2.75) is 33.2 Å². The number of aromatic nitrogens is 2. The maximum Gasteiger partial charge on any atom is 0.207 e. The number of benzene rings is 1. The van der Waals surface area contributed by atoms with Gasteiger partial charge in [-0.3, -0.25) is 0 Å². The number of para-hydroxylation sites is 1. The number of hydrogen-bond acceptors (Lipinski definition) is 2. The van der Waals surface area contributed by atoms with E-state index in [-0.39, 0.29) is 0 Å². The molecule has 1 aromatic carbocycles. The Bertz CT molecular complexity index is 486. The summed E-state index contributed by atoms with van der Waals surface area (Å²) in [6.07, 6.45) is 4.85. The van der Waals surface area contributed by atoms with Gasteiger partial charge in [-0.25, -0.2) is 4.98 Å². The lowest BCUT2D eigenvalue weighted by molar-refractivity contribution is 0.608. The lowest BCUT2D eigenvalue weighted by atomic mass is 10.1. The Morgan fingerprint density at radius 1 is 1.29 bits per heavy atom. The van der Waals surface area contributed by atoms with Crippen molar-refractivity contribution in [3.8, 4) is 0 Å². The Morgan fingerprint density at radius 3 is 2.76 bits per heavy atom. The van der Waals surface area contributed by atoms with Gasteiger partial charge in [-0.1, -0.05) is 25.1 Å². The van der Waals surface area contributed by atoms with Gasteiger partial charge in [0.25, 0.3) is 0 Å². The first-order valence-electron chi connectivity index (χ1n) is 6.10.